The van der Waals surface area contributed by atoms with E-state index in [2.05, 4.69) is 23.3 Å². The van der Waals surface area contributed by atoms with Crippen LogP contribution in [0.2, 0.25) is 0 Å². The normalized spacial score (nSPS) is 19.1. The van der Waals surface area contributed by atoms with E-state index in [0.717, 1.165) is 19.6 Å². The van der Waals surface area contributed by atoms with Crippen molar-refractivity contribution in [3.05, 3.63) is 34.7 Å². The van der Waals surface area contributed by atoms with Crippen LogP contribution in [-0.2, 0) is 11.2 Å². The molecule has 1 unspecified atom stereocenters. The molecule has 3 heteroatoms. The summed E-state index contributed by atoms with van der Waals surface area (Å²) in [6.07, 6.45) is 6.41. The van der Waals surface area contributed by atoms with E-state index in [1.807, 2.05) is 11.3 Å². The van der Waals surface area contributed by atoms with Crippen LogP contribution in [-0.4, -0.2) is 13.2 Å². The van der Waals surface area contributed by atoms with Gasteiger partial charge in [0, 0.05) is 10.9 Å². The van der Waals surface area contributed by atoms with Crippen LogP contribution in [0.4, 0.5) is 0 Å². The molecular formula is C13H19NOS. The molecule has 1 N–H and O–H groups in total. The highest BCUT2D eigenvalue weighted by Crippen LogP contribution is 2.32. The van der Waals surface area contributed by atoms with Crippen molar-refractivity contribution < 1.29 is 4.74 Å². The summed E-state index contributed by atoms with van der Waals surface area (Å²) < 4.78 is 5.10. The van der Waals surface area contributed by atoms with Gasteiger partial charge in [0.25, 0.3) is 0 Å². The minimum absolute atomic E-state index is 0.568. The fourth-order valence-corrected chi connectivity index (χ4v) is 3.20. The molecule has 16 heavy (non-hydrogen) atoms. The van der Waals surface area contributed by atoms with Gasteiger partial charge in [-0.2, -0.15) is 0 Å². The van der Waals surface area contributed by atoms with E-state index in [-0.39, 0.29) is 0 Å². The summed E-state index contributed by atoms with van der Waals surface area (Å²) in [5.41, 5.74) is 1.53. The molecule has 0 saturated carbocycles. The number of rotatable bonds is 6. The Labute approximate surface area is 101 Å². The van der Waals surface area contributed by atoms with Gasteiger partial charge in [-0.3, -0.25) is 0 Å². The number of nitrogens with one attached hydrogen (secondary N) is 1. The van der Waals surface area contributed by atoms with Gasteiger partial charge in [-0.15, -0.1) is 11.3 Å². The quantitative estimate of drug-likeness (QED) is 0.605. The van der Waals surface area contributed by atoms with Gasteiger partial charge in [0.05, 0.1) is 12.9 Å². The Kier molecular flexibility index (Phi) is 4.43. The van der Waals surface area contributed by atoms with Crippen molar-refractivity contribution in [3.63, 3.8) is 0 Å². The lowest BCUT2D eigenvalue weighted by molar-refractivity contribution is 0.242. The van der Waals surface area contributed by atoms with Crippen molar-refractivity contribution in [3.8, 4) is 0 Å². The minimum atomic E-state index is 0.568. The number of aryl methyl sites for hydroxylation is 1. The molecule has 0 bridgehead atoms. The second-order valence-corrected chi connectivity index (χ2v) is 5.09. The van der Waals surface area contributed by atoms with E-state index in [0.29, 0.717) is 6.04 Å². The first-order valence-corrected chi connectivity index (χ1v) is 6.82. The average molecular weight is 237 g/mol. The van der Waals surface area contributed by atoms with Gasteiger partial charge in [-0.25, -0.2) is 0 Å². The molecule has 2 nitrogen and oxygen atoms in total. The number of hydrogen-bond acceptors (Lipinski definition) is 3. The molecule has 0 aromatic carbocycles. The zero-order valence-electron chi connectivity index (χ0n) is 9.58. The van der Waals surface area contributed by atoms with Crippen molar-refractivity contribution in [2.24, 2.45) is 0 Å². The SMILES string of the molecule is C=COCCCNC1CCCc2sccc21. The second-order valence-electron chi connectivity index (χ2n) is 4.09. The predicted octanol–water partition coefficient (Wildman–Crippen LogP) is 3.27. The smallest absolute Gasteiger partial charge is 0.0885 e. The highest BCUT2D eigenvalue weighted by atomic mass is 32.1. The standard InChI is InChI=1S/C13H19NOS/c1-2-15-9-4-8-14-12-5-3-6-13-11(12)7-10-16-13/h2,7,10,12,14H,1,3-6,8-9H2. The molecule has 0 radical (unpaired) electrons. The largest absolute Gasteiger partial charge is 0.502 e. The third-order valence-corrected chi connectivity index (χ3v) is 4.00. The van der Waals surface area contributed by atoms with Crippen LogP contribution in [0.15, 0.2) is 24.3 Å². The van der Waals surface area contributed by atoms with E-state index in [4.69, 9.17) is 4.74 Å². The van der Waals surface area contributed by atoms with Gasteiger partial charge in [0.1, 0.15) is 0 Å². The van der Waals surface area contributed by atoms with Crippen molar-refractivity contribution >= 4 is 11.3 Å². The lowest BCUT2D eigenvalue weighted by Gasteiger charge is -2.23. The topological polar surface area (TPSA) is 21.3 Å². The zero-order valence-corrected chi connectivity index (χ0v) is 10.4. The van der Waals surface area contributed by atoms with Gasteiger partial charge < -0.3 is 10.1 Å². The molecule has 1 aliphatic rings. The van der Waals surface area contributed by atoms with Crippen LogP contribution < -0.4 is 5.32 Å². The van der Waals surface area contributed by atoms with Gasteiger partial charge in [-0.05, 0) is 49.2 Å². The maximum atomic E-state index is 5.10. The average Bonchev–Trinajstić information content (AvgIpc) is 2.77. The molecule has 88 valence electrons. The molecule has 0 amide bonds. The molecule has 0 saturated heterocycles. The van der Waals surface area contributed by atoms with Gasteiger partial charge in [0.2, 0.25) is 0 Å². The summed E-state index contributed by atoms with van der Waals surface area (Å²) >= 11 is 1.90. The molecule has 0 aliphatic heterocycles. The highest BCUT2D eigenvalue weighted by Gasteiger charge is 2.19. The second kappa shape index (κ2) is 6.06. The Bertz CT molecular complexity index is 334. The fraction of sp³-hybridized carbons (Fsp3) is 0.538. The number of ether oxygens (including phenoxy) is 1. The summed E-state index contributed by atoms with van der Waals surface area (Å²) in [6.45, 7) is 5.31. The summed E-state index contributed by atoms with van der Waals surface area (Å²) in [6, 6.07) is 2.84. The number of fused-ring (bicyclic) bond motifs is 1. The lowest BCUT2D eigenvalue weighted by atomic mass is 9.94. The Morgan fingerprint density at radius 3 is 3.44 bits per heavy atom. The van der Waals surface area contributed by atoms with Crippen molar-refractivity contribution in [2.45, 2.75) is 31.7 Å². The van der Waals surface area contributed by atoms with E-state index < -0.39 is 0 Å². The van der Waals surface area contributed by atoms with Crippen LogP contribution >= 0.6 is 11.3 Å². The first-order chi connectivity index (χ1) is 7.92. The maximum absolute atomic E-state index is 5.10. The van der Waals surface area contributed by atoms with Crippen molar-refractivity contribution in [1.29, 1.82) is 0 Å². The van der Waals surface area contributed by atoms with Gasteiger partial charge in [0.15, 0.2) is 0 Å². The molecule has 1 atom stereocenters. The van der Waals surface area contributed by atoms with Crippen LogP contribution in [0.25, 0.3) is 0 Å². The number of thiophene rings is 1. The maximum Gasteiger partial charge on any atom is 0.0885 e. The Hall–Kier alpha value is -0.800. The summed E-state index contributed by atoms with van der Waals surface area (Å²) in [5, 5.41) is 5.83. The van der Waals surface area contributed by atoms with Crippen LogP contribution in [0.5, 0.6) is 0 Å². The van der Waals surface area contributed by atoms with Gasteiger partial charge >= 0.3 is 0 Å². The fourth-order valence-electron chi connectivity index (χ4n) is 2.21. The van der Waals surface area contributed by atoms with E-state index in [9.17, 15) is 0 Å². The molecular weight excluding hydrogens is 218 g/mol. The molecule has 2 rings (SSSR count). The van der Waals surface area contributed by atoms with Crippen molar-refractivity contribution in [2.75, 3.05) is 13.2 Å². The first-order valence-electron chi connectivity index (χ1n) is 5.94. The predicted molar refractivity (Wildman–Crippen MR) is 68.8 cm³/mol. The molecule has 0 fully saturated rings. The minimum Gasteiger partial charge on any atom is -0.502 e. The Morgan fingerprint density at radius 1 is 1.62 bits per heavy atom. The van der Waals surface area contributed by atoms with E-state index >= 15 is 0 Å². The molecule has 1 aliphatic carbocycles. The highest BCUT2D eigenvalue weighted by molar-refractivity contribution is 7.10. The van der Waals surface area contributed by atoms with Crippen LogP contribution in [0.1, 0.15) is 35.7 Å². The van der Waals surface area contributed by atoms with E-state index in [1.165, 1.54) is 31.1 Å². The van der Waals surface area contributed by atoms with Crippen LogP contribution in [0, 0.1) is 0 Å². The molecule has 1 aromatic heterocycles. The number of hydrogen-bond donors (Lipinski definition) is 1. The summed E-state index contributed by atoms with van der Waals surface area (Å²) in [4.78, 5) is 1.58. The lowest BCUT2D eigenvalue weighted by Crippen LogP contribution is -2.25. The first kappa shape index (κ1) is 11.7. The third-order valence-electron chi connectivity index (χ3n) is 3.00. The monoisotopic (exact) mass is 237 g/mol. The van der Waals surface area contributed by atoms with Crippen LogP contribution in [0.3, 0.4) is 0 Å². The third kappa shape index (κ3) is 2.86. The van der Waals surface area contributed by atoms with E-state index in [1.54, 1.807) is 4.88 Å². The summed E-state index contributed by atoms with van der Waals surface area (Å²) in [7, 11) is 0. The summed E-state index contributed by atoms with van der Waals surface area (Å²) in [5.74, 6) is 0. The Morgan fingerprint density at radius 2 is 2.56 bits per heavy atom. The zero-order chi connectivity index (χ0) is 11.2. The molecule has 0 spiro atoms. The molecule has 1 heterocycles. The molecule has 1 aromatic rings. The van der Waals surface area contributed by atoms with Crippen molar-refractivity contribution in [1.82, 2.24) is 5.32 Å². The van der Waals surface area contributed by atoms with Gasteiger partial charge in [-0.1, -0.05) is 6.58 Å². The Balaban J connectivity index is 1.77.